The van der Waals surface area contributed by atoms with Crippen LogP contribution in [0.25, 0.3) is 0 Å². The Morgan fingerprint density at radius 3 is 2.00 bits per heavy atom. The molecule has 0 radical (unpaired) electrons. The van der Waals surface area contributed by atoms with Gasteiger partial charge in [0.05, 0.1) is 5.69 Å². The van der Waals surface area contributed by atoms with E-state index in [-0.39, 0.29) is 16.6 Å². The van der Waals surface area contributed by atoms with Crippen LogP contribution >= 0.6 is 23.2 Å². The van der Waals surface area contributed by atoms with Crippen LogP contribution in [0.2, 0.25) is 5.02 Å². The zero-order valence-corrected chi connectivity index (χ0v) is 20.7. The molecule has 0 saturated carbocycles. The van der Waals surface area contributed by atoms with Crippen molar-refractivity contribution in [1.82, 2.24) is 4.90 Å². The van der Waals surface area contributed by atoms with Gasteiger partial charge in [-0.3, -0.25) is 14.4 Å². The van der Waals surface area contributed by atoms with Gasteiger partial charge >= 0.3 is 0 Å². The number of halogens is 2. The van der Waals surface area contributed by atoms with E-state index in [2.05, 4.69) is 22.3 Å². The molecule has 2 aliphatic rings. The van der Waals surface area contributed by atoms with E-state index in [1.54, 1.807) is 48.5 Å². The molecule has 3 amide bonds. The molecule has 1 N–H and O–H groups in total. The van der Waals surface area contributed by atoms with Gasteiger partial charge in [-0.1, -0.05) is 41.4 Å². The smallest absolute Gasteiger partial charge is 0.283 e. The molecule has 9 heteroatoms. The van der Waals surface area contributed by atoms with Gasteiger partial charge in [-0.05, 0) is 60.7 Å². The van der Waals surface area contributed by atoms with Gasteiger partial charge in [-0.25, -0.2) is 4.90 Å². The summed E-state index contributed by atoms with van der Waals surface area (Å²) in [5, 5.41) is 3.22. The molecule has 7 nitrogen and oxygen atoms in total. The first-order valence-electron chi connectivity index (χ1n) is 11.4. The average Bonchev–Trinajstić information content (AvgIpc) is 3.13. The van der Waals surface area contributed by atoms with E-state index in [1.165, 1.54) is 0 Å². The molecular weight excluding hydrogens is 499 g/mol. The Morgan fingerprint density at radius 2 is 1.36 bits per heavy atom. The van der Waals surface area contributed by atoms with Gasteiger partial charge < -0.3 is 15.1 Å². The molecule has 2 heterocycles. The summed E-state index contributed by atoms with van der Waals surface area (Å²) in [4.78, 5) is 43.7. The van der Waals surface area contributed by atoms with Gasteiger partial charge in [0.2, 0.25) is 0 Å². The Balaban J connectivity index is 1.23. The molecule has 2 aliphatic heterocycles. The molecule has 1 fully saturated rings. The maximum atomic E-state index is 13.0. The molecule has 0 aromatic heterocycles. The highest BCUT2D eigenvalue weighted by atomic mass is 35.5. The van der Waals surface area contributed by atoms with Crippen LogP contribution < -0.4 is 15.1 Å². The van der Waals surface area contributed by atoms with Crippen LogP contribution in [-0.4, -0.2) is 48.8 Å². The highest BCUT2D eigenvalue weighted by Crippen LogP contribution is 2.31. The Kier molecular flexibility index (Phi) is 6.67. The zero-order chi connectivity index (χ0) is 25.2. The quantitative estimate of drug-likeness (QED) is 0.492. The number of rotatable bonds is 5. The number of anilines is 3. The Labute approximate surface area is 218 Å². The first kappa shape index (κ1) is 23.9. The van der Waals surface area contributed by atoms with E-state index in [0.717, 1.165) is 23.7 Å². The highest BCUT2D eigenvalue weighted by Gasteiger charge is 2.39. The molecule has 3 aromatic rings. The highest BCUT2D eigenvalue weighted by molar-refractivity contribution is 6.53. The molecule has 0 bridgehead atoms. The minimum Gasteiger partial charge on any atom is -0.368 e. The lowest BCUT2D eigenvalue weighted by Crippen LogP contribution is -2.48. The number of imide groups is 1. The number of carbonyl (C=O) groups excluding carboxylic acids is 3. The normalized spacial score (nSPS) is 16.1. The van der Waals surface area contributed by atoms with Crippen molar-refractivity contribution in [3.05, 3.63) is 100 Å². The van der Waals surface area contributed by atoms with Crippen molar-refractivity contribution in [3.8, 4) is 0 Å². The van der Waals surface area contributed by atoms with Gasteiger partial charge in [0.1, 0.15) is 10.7 Å². The maximum Gasteiger partial charge on any atom is 0.283 e. The first-order valence-corrected chi connectivity index (χ1v) is 12.2. The van der Waals surface area contributed by atoms with Crippen LogP contribution in [-0.2, 0) is 9.59 Å². The zero-order valence-electron chi connectivity index (χ0n) is 19.2. The van der Waals surface area contributed by atoms with E-state index >= 15 is 0 Å². The second kappa shape index (κ2) is 10.0. The summed E-state index contributed by atoms with van der Waals surface area (Å²) < 4.78 is 0. The number of benzene rings is 3. The lowest BCUT2D eigenvalue weighted by atomic mass is 10.1. The summed E-state index contributed by atoms with van der Waals surface area (Å²) >= 11 is 12.1. The molecule has 182 valence electrons. The largest absolute Gasteiger partial charge is 0.368 e. The standard InChI is InChI=1S/C27H22Cl2N4O3/c28-19-8-12-22(13-9-19)33-26(35)23(29)24(27(33)36)30-20-10-6-18(7-11-20)25(34)32-16-14-31(15-17-32)21-4-2-1-3-5-21/h1-13,30H,14-17H2. The summed E-state index contributed by atoms with van der Waals surface area (Å²) in [7, 11) is 0. The molecule has 0 atom stereocenters. The van der Waals surface area contributed by atoms with Crippen molar-refractivity contribution >= 4 is 58.0 Å². The summed E-state index contributed by atoms with van der Waals surface area (Å²) in [5.41, 5.74) is 2.59. The van der Waals surface area contributed by atoms with Crippen molar-refractivity contribution in [3.63, 3.8) is 0 Å². The minimum absolute atomic E-state index is 0.0206. The molecular formula is C27H22Cl2N4O3. The van der Waals surface area contributed by atoms with Crippen molar-refractivity contribution in [2.75, 3.05) is 41.3 Å². The lowest BCUT2D eigenvalue weighted by molar-refractivity contribution is -0.120. The fourth-order valence-corrected chi connectivity index (χ4v) is 4.60. The van der Waals surface area contributed by atoms with E-state index in [4.69, 9.17) is 23.2 Å². The third kappa shape index (κ3) is 4.67. The molecule has 0 unspecified atom stereocenters. The Morgan fingerprint density at radius 1 is 0.722 bits per heavy atom. The van der Waals surface area contributed by atoms with E-state index < -0.39 is 11.8 Å². The second-order valence-corrected chi connectivity index (χ2v) is 9.24. The molecule has 3 aromatic carbocycles. The average molecular weight is 521 g/mol. The van der Waals surface area contributed by atoms with Crippen molar-refractivity contribution in [1.29, 1.82) is 0 Å². The number of hydrogen-bond donors (Lipinski definition) is 1. The fraction of sp³-hybridized carbons (Fsp3) is 0.148. The van der Waals surface area contributed by atoms with Crippen LogP contribution in [0.4, 0.5) is 17.1 Å². The number of nitrogens with one attached hydrogen (secondary N) is 1. The summed E-state index contributed by atoms with van der Waals surface area (Å²) in [5.74, 6) is -1.23. The predicted molar refractivity (Wildman–Crippen MR) is 141 cm³/mol. The number of carbonyl (C=O) groups is 3. The van der Waals surface area contributed by atoms with Gasteiger partial charge in [-0.2, -0.15) is 0 Å². The van der Waals surface area contributed by atoms with E-state index in [0.29, 0.717) is 35.1 Å². The van der Waals surface area contributed by atoms with Crippen LogP contribution in [0.15, 0.2) is 89.6 Å². The number of nitrogens with zero attached hydrogens (tertiary/aromatic N) is 3. The third-order valence-corrected chi connectivity index (χ3v) is 6.80. The van der Waals surface area contributed by atoms with Gasteiger partial charge in [-0.15, -0.1) is 0 Å². The molecule has 1 saturated heterocycles. The third-order valence-electron chi connectivity index (χ3n) is 6.20. The topological polar surface area (TPSA) is 73.0 Å². The van der Waals surface area contributed by atoms with Crippen molar-refractivity contribution in [2.24, 2.45) is 0 Å². The Hall–Kier alpha value is -3.81. The molecule has 36 heavy (non-hydrogen) atoms. The van der Waals surface area contributed by atoms with Crippen LogP contribution in [0.1, 0.15) is 10.4 Å². The predicted octanol–water partition coefficient (Wildman–Crippen LogP) is 4.74. The lowest BCUT2D eigenvalue weighted by Gasteiger charge is -2.36. The molecule has 5 rings (SSSR count). The van der Waals surface area contributed by atoms with Crippen molar-refractivity contribution in [2.45, 2.75) is 0 Å². The van der Waals surface area contributed by atoms with Gasteiger partial charge in [0.25, 0.3) is 17.7 Å². The van der Waals surface area contributed by atoms with Gasteiger partial charge in [0, 0.05) is 48.1 Å². The monoisotopic (exact) mass is 520 g/mol. The first-order chi connectivity index (χ1) is 17.4. The van der Waals surface area contributed by atoms with E-state index in [9.17, 15) is 14.4 Å². The van der Waals surface area contributed by atoms with Crippen LogP contribution in [0, 0.1) is 0 Å². The SMILES string of the molecule is O=C(c1ccc(NC2=C(Cl)C(=O)N(c3ccc(Cl)cc3)C2=O)cc1)N1CCN(c2ccccc2)CC1. The molecule has 0 aliphatic carbocycles. The summed E-state index contributed by atoms with van der Waals surface area (Å²) in [6.45, 7) is 2.80. The second-order valence-electron chi connectivity index (χ2n) is 8.43. The summed E-state index contributed by atoms with van der Waals surface area (Å²) in [6.07, 6.45) is 0. The number of hydrogen-bond acceptors (Lipinski definition) is 5. The fourth-order valence-electron chi connectivity index (χ4n) is 4.27. The van der Waals surface area contributed by atoms with Crippen LogP contribution in [0.3, 0.4) is 0 Å². The van der Waals surface area contributed by atoms with E-state index in [1.807, 2.05) is 23.1 Å². The maximum absolute atomic E-state index is 13.0. The van der Waals surface area contributed by atoms with Crippen molar-refractivity contribution < 1.29 is 14.4 Å². The number of para-hydroxylation sites is 1. The molecule has 0 spiro atoms. The number of piperazine rings is 1. The minimum atomic E-state index is -0.618. The number of amides is 3. The Bertz CT molecular complexity index is 1330. The van der Waals surface area contributed by atoms with Crippen LogP contribution in [0.5, 0.6) is 0 Å². The van der Waals surface area contributed by atoms with Gasteiger partial charge in [0.15, 0.2) is 0 Å². The summed E-state index contributed by atoms with van der Waals surface area (Å²) in [6, 6.07) is 23.2.